The molecule has 1 heterocycles. The number of benzene rings is 1. The minimum absolute atomic E-state index is 0.186. The molecule has 0 aliphatic rings. The second kappa shape index (κ2) is 5.21. The zero-order chi connectivity index (χ0) is 12.3. The van der Waals surface area contributed by atoms with Crippen LogP contribution >= 0.6 is 23.2 Å². The molecule has 0 aliphatic carbocycles. The lowest BCUT2D eigenvalue weighted by atomic mass is 10.2. The largest absolute Gasteiger partial charge is 0.471 e. The molecule has 0 aliphatic heterocycles. The zero-order valence-electron chi connectivity index (χ0n) is 8.73. The lowest BCUT2D eigenvalue weighted by Crippen LogP contribution is -2.02. The zero-order valence-corrected chi connectivity index (χ0v) is 10.2. The summed E-state index contributed by atoms with van der Waals surface area (Å²) in [6, 6.07) is 7.30. The second-order valence-electron chi connectivity index (χ2n) is 3.30. The van der Waals surface area contributed by atoms with Crippen LogP contribution in [0, 0.1) is 0 Å². The SMILES string of the molecule is Nc1c(Cl)ncnc1OCc1ccc(Cl)cc1. The number of nitrogens with zero attached hydrogens (tertiary/aromatic N) is 2. The van der Waals surface area contributed by atoms with E-state index >= 15 is 0 Å². The highest BCUT2D eigenvalue weighted by Gasteiger charge is 2.07. The van der Waals surface area contributed by atoms with Gasteiger partial charge in [0.25, 0.3) is 0 Å². The topological polar surface area (TPSA) is 61.0 Å². The molecule has 0 spiro atoms. The van der Waals surface area contributed by atoms with Crippen LogP contribution in [0.3, 0.4) is 0 Å². The molecule has 1 aromatic carbocycles. The van der Waals surface area contributed by atoms with Gasteiger partial charge in [0.15, 0.2) is 5.15 Å². The highest BCUT2D eigenvalue weighted by atomic mass is 35.5. The van der Waals surface area contributed by atoms with Crippen LogP contribution < -0.4 is 10.5 Å². The molecule has 0 bridgehead atoms. The van der Waals surface area contributed by atoms with E-state index in [9.17, 15) is 0 Å². The maximum Gasteiger partial charge on any atom is 0.242 e. The standard InChI is InChI=1S/C11H9Cl2N3O/c12-8-3-1-7(2-4-8)5-17-11-9(14)10(13)15-6-16-11/h1-4,6H,5,14H2. The van der Waals surface area contributed by atoms with Crippen molar-refractivity contribution in [2.75, 3.05) is 5.73 Å². The summed E-state index contributed by atoms with van der Waals surface area (Å²) in [4.78, 5) is 7.64. The van der Waals surface area contributed by atoms with E-state index in [1.165, 1.54) is 6.33 Å². The predicted octanol–water partition coefficient (Wildman–Crippen LogP) is 2.94. The number of nitrogens with two attached hydrogens (primary N) is 1. The van der Waals surface area contributed by atoms with Crippen molar-refractivity contribution < 1.29 is 4.74 Å². The van der Waals surface area contributed by atoms with E-state index in [1.54, 1.807) is 12.1 Å². The van der Waals surface area contributed by atoms with Crippen LogP contribution in [0.1, 0.15) is 5.56 Å². The monoisotopic (exact) mass is 269 g/mol. The Hall–Kier alpha value is -1.52. The van der Waals surface area contributed by atoms with Crippen molar-refractivity contribution in [3.63, 3.8) is 0 Å². The predicted molar refractivity (Wildman–Crippen MR) is 67.2 cm³/mol. The van der Waals surface area contributed by atoms with E-state index in [1.807, 2.05) is 12.1 Å². The molecule has 4 nitrogen and oxygen atoms in total. The summed E-state index contributed by atoms with van der Waals surface area (Å²) in [6.07, 6.45) is 1.30. The first kappa shape index (κ1) is 12.0. The molecule has 0 radical (unpaired) electrons. The first-order valence-electron chi connectivity index (χ1n) is 4.80. The Morgan fingerprint density at radius 2 is 1.82 bits per heavy atom. The number of rotatable bonds is 3. The number of aromatic nitrogens is 2. The van der Waals surface area contributed by atoms with Gasteiger partial charge in [0.05, 0.1) is 0 Å². The van der Waals surface area contributed by atoms with Crippen LogP contribution in [-0.2, 0) is 6.61 Å². The maximum atomic E-state index is 5.78. The Bertz CT molecular complexity index is 517. The van der Waals surface area contributed by atoms with Gasteiger partial charge in [-0.2, -0.15) is 4.98 Å². The molecule has 0 atom stereocenters. The smallest absolute Gasteiger partial charge is 0.242 e. The highest BCUT2D eigenvalue weighted by Crippen LogP contribution is 2.24. The van der Waals surface area contributed by atoms with Crippen LogP contribution in [0.5, 0.6) is 5.88 Å². The van der Waals surface area contributed by atoms with Crippen LogP contribution in [0.25, 0.3) is 0 Å². The third-order valence-electron chi connectivity index (χ3n) is 2.09. The first-order chi connectivity index (χ1) is 8.16. The number of ether oxygens (including phenoxy) is 1. The lowest BCUT2D eigenvalue weighted by molar-refractivity contribution is 0.295. The normalized spacial score (nSPS) is 10.2. The molecule has 0 amide bonds. The Balaban J connectivity index is 2.07. The third kappa shape index (κ3) is 2.99. The summed E-state index contributed by atoms with van der Waals surface area (Å²) < 4.78 is 5.44. The molecular formula is C11H9Cl2N3O. The van der Waals surface area contributed by atoms with Gasteiger partial charge in [-0.25, -0.2) is 4.98 Å². The van der Waals surface area contributed by atoms with Crippen molar-refractivity contribution in [1.82, 2.24) is 9.97 Å². The number of halogens is 2. The molecule has 0 saturated carbocycles. The average molecular weight is 270 g/mol. The highest BCUT2D eigenvalue weighted by molar-refractivity contribution is 6.32. The summed E-state index contributed by atoms with van der Waals surface area (Å²) >= 11 is 11.5. The molecule has 0 unspecified atom stereocenters. The molecule has 6 heteroatoms. The molecule has 0 saturated heterocycles. The van der Waals surface area contributed by atoms with Crippen LogP contribution in [0.4, 0.5) is 5.69 Å². The fourth-order valence-electron chi connectivity index (χ4n) is 1.21. The van der Waals surface area contributed by atoms with Gasteiger partial charge < -0.3 is 10.5 Å². The molecule has 17 heavy (non-hydrogen) atoms. The maximum absolute atomic E-state index is 5.78. The average Bonchev–Trinajstić information content (AvgIpc) is 2.33. The second-order valence-corrected chi connectivity index (χ2v) is 4.09. The van der Waals surface area contributed by atoms with E-state index in [0.29, 0.717) is 11.6 Å². The van der Waals surface area contributed by atoms with Gasteiger partial charge in [0, 0.05) is 5.02 Å². The van der Waals surface area contributed by atoms with E-state index in [2.05, 4.69) is 9.97 Å². The molecule has 2 aromatic rings. The van der Waals surface area contributed by atoms with Crippen molar-refractivity contribution in [3.8, 4) is 5.88 Å². The number of hydrogen-bond donors (Lipinski definition) is 1. The molecule has 1 aromatic heterocycles. The van der Waals surface area contributed by atoms with Gasteiger partial charge in [-0.1, -0.05) is 35.3 Å². The Kier molecular flexibility index (Phi) is 3.66. The minimum atomic E-state index is 0.186. The van der Waals surface area contributed by atoms with Crippen LogP contribution in [0.15, 0.2) is 30.6 Å². The Labute approximate surface area is 108 Å². The van der Waals surface area contributed by atoms with E-state index < -0.39 is 0 Å². The van der Waals surface area contributed by atoms with Gasteiger partial charge in [-0.3, -0.25) is 0 Å². The Morgan fingerprint density at radius 1 is 1.12 bits per heavy atom. The Morgan fingerprint density at radius 3 is 2.53 bits per heavy atom. The third-order valence-corrected chi connectivity index (χ3v) is 2.64. The summed E-state index contributed by atoms with van der Waals surface area (Å²) in [7, 11) is 0. The van der Waals surface area contributed by atoms with Crippen molar-refractivity contribution in [1.29, 1.82) is 0 Å². The lowest BCUT2D eigenvalue weighted by Gasteiger charge is -2.07. The molecule has 88 valence electrons. The molecule has 2 N–H and O–H groups in total. The summed E-state index contributed by atoms with van der Waals surface area (Å²) in [5, 5.41) is 0.865. The van der Waals surface area contributed by atoms with Crippen molar-refractivity contribution in [2.45, 2.75) is 6.61 Å². The van der Waals surface area contributed by atoms with E-state index in [4.69, 9.17) is 33.7 Å². The van der Waals surface area contributed by atoms with Gasteiger partial charge in [0.2, 0.25) is 5.88 Å². The summed E-state index contributed by atoms with van der Waals surface area (Å²) in [6.45, 7) is 0.342. The number of nitrogen functional groups attached to an aromatic ring is 1. The van der Waals surface area contributed by atoms with Gasteiger partial charge in [-0.05, 0) is 17.7 Å². The fraction of sp³-hybridized carbons (Fsp3) is 0.0909. The number of anilines is 1. The fourth-order valence-corrected chi connectivity index (χ4v) is 1.46. The number of hydrogen-bond acceptors (Lipinski definition) is 4. The van der Waals surface area contributed by atoms with Gasteiger partial charge >= 0.3 is 0 Å². The quantitative estimate of drug-likeness (QED) is 0.871. The minimum Gasteiger partial charge on any atom is -0.471 e. The molecular weight excluding hydrogens is 261 g/mol. The summed E-state index contributed by atoms with van der Waals surface area (Å²) in [5.74, 6) is 0.278. The van der Waals surface area contributed by atoms with Crippen molar-refractivity contribution >= 4 is 28.9 Å². The van der Waals surface area contributed by atoms with Crippen LogP contribution in [-0.4, -0.2) is 9.97 Å². The molecule has 0 fully saturated rings. The van der Waals surface area contributed by atoms with E-state index in [-0.39, 0.29) is 16.7 Å². The summed E-state index contributed by atoms with van der Waals surface area (Å²) in [5.41, 5.74) is 6.87. The van der Waals surface area contributed by atoms with Gasteiger partial charge in [-0.15, -0.1) is 0 Å². The van der Waals surface area contributed by atoms with Gasteiger partial charge in [0.1, 0.15) is 18.6 Å². The van der Waals surface area contributed by atoms with E-state index in [0.717, 1.165) is 5.56 Å². The van der Waals surface area contributed by atoms with Crippen molar-refractivity contribution in [3.05, 3.63) is 46.3 Å². The van der Waals surface area contributed by atoms with Crippen molar-refractivity contribution in [2.24, 2.45) is 0 Å². The first-order valence-corrected chi connectivity index (χ1v) is 5.55. The molecule has 2 rings (SSSR count). The van der Waals surface area contributed by atoms with Crippen LogP contribution in [0.2, 0.25) is 10.2 Å².